The summed E-state index contributed by atoms with van der Waals surface area (Å²) in [6, 6.07) is 3.64. The fourth-order valence-electron chi connectivity index (χ4n) is 1.97. The monoisotopic (exact) mass is 257 g/mol. The molecule has 1 aromatic rings. The van der Waals surface area contributed by atoms with Gasteiger partial charge in [0.05, 0.1) is 4.47 Å². The Morgan fingerprint density at radius 1 is 1.50 bits per heavy atom. The van der Waals surface area contributed by atoms with Crippen molar-refractivity contribution in [3.8, 4) is 0 Å². The maximum atomic E-state index is 13.4. The lowest BCUT2D eigenvalue weighted by Gasteiger charge is -2.12. The molecule has 0 bridgehead atoms. The van der Waals surface area contributed by atoms with Gasteiger partial charge in [-0.2, -0.15) is 0 Å². The van der Waals surface area contributed by atoms with Crippen molar-refractivity contribution in [1.82, 2.24) is 5.32 Å². The molecule has 0 spiro atoms. The lowest BCUT2D eigenvalue weighted by atomic mass is 9.97. The summed E-state index contributed by atoms with van der Waals surface area (Å²) in [5.74, 6) is 0.311. The van der Waals surface area contributed by atoms with Crippen molar-refractivity contribution >= 4 is 15.9 Å². The first-order valence-electron chi connectivity index (χ1n) is 4.84. The SMILES string of the molecule is Cc1cc(F)c(Br)c(C2CCNC2)c1. The fraction of sp³-hybridized carbons (Fsp3) is 0.455. The number of rotatable bonds is 1. The van der Waals surface area contributed by atoms with Crippen LogP contribution < -0.4 is 5.32 Å². The summed E-state index contributed by atoms with van der Waals surface area (Å²) in [5.41, 5.74) is 2.10. The highest BCUT2D eigenvalue weighted by molar-refractivity contribution is 9.10. The van der Waals surface area contributed by atoms with Crippen molar-refractivity contribution in [1.29, 1.82) is 0 Å². The summed E-state index contributed by atoms with van der Waals surface area (Å²) < 4.78 is 14.1. The molecule has 0 saturated carbocycles. The summed E-state index contributed by atoms with van der Waals surface area (Å²) in [6.45, 7) is 3.93. The van der Waals surface area contributed by atoms with E-state index in [1.165, 1.54) is 0 Å². The van der Waals surface area contributed by atoms with Crippen LogP contribution in [0.15, 0.2) is 16.6 Å². The topological polar surface area (TPSA) is 12.0 Å². The van der Waals surface area contributed by atoms with Gasteiger partial charge in [-0.3, -0.25) is 0 Å². The van der Waals surface area contributed by atoms with Gasteiger partial charge in [-0.1, -0.05) is 6.07 Å². The van der Waals surface area contributed by atoms with Crippen LogP contribution in [0.25, 0.3) is 0 Å². The van der Waals surface area contributed by atoms with E-state index in [1.807, 2.05) is 6.92 Å². The molecule has 3 heteroatoms. The molecule has 1 aliphatic heterocycles. The first kappa shape index (κ1) is 10.1. The third-order valence-electron chi connectivity index (χ3n) is 2.70. The van der Waals surface area contributed by atoms with Gasteiger partial charge in [0.15, 0.2) is 0 Å². The minimum atomic E-state index is -0.146. The highest BCUT2D eigenvalue weighted by atomic mass is 79.9. The molecule has 1 heterocycles. The van der Waals surface area contributed by atoms with Gasteiger partial charge in [-0.15, -0.1) is 0 Å². The van der Waals surface area contributed by atoms with E-state index in [-0.39, 0.29) is 5.82 Å². The van der Waals surface area contributed by atoms with Gasteiger partial charge in [0.1, 0.15) is 5.82 Å². The predicted octanol–water partition coefficient (Wildman–Crippen LogP) is 2.97. The molecular weight excluding hydrogens is 245 g/mol. The lowest BCUT2D eigenvalue weighted by Crippen LogP contribution is -2.08. The number of nitrogens with one attached hydrogen (secondary N) is 1. The van der Waals surface area contributed by atoms with E-state index in [2.05, 4.69) is 27.3 Å². The molecule has 0 amide bonds. The van der Waals surface area contributed by atoms with Crippen LogP contribution in [0.1, 0.15) is 23.5 Å². The molecule has 76 valence electrons. The quantitative estimate of drug-likeness (QED) is 0.816. The van der Waals surface area contributed by atoms with Crippen LogP contribution in [0, 0.1) is 12.7 Å². The van der Waals surface area contributed by atoms with Crippen molar-refractivity contribution in [2.45, 2.75) is 19.3 Å². The molecule has 14 heavy (non-hydrogen) atoms. The number of benzene rings is 1. The Bertz CT molecular complexity index is 345. The minimum absolute atomic E-state index is 0.146. The second kappa shape index (κ2) is 3.99. The molecule has 1 aromatic carbocycles. The average Bonchev–Trinajstić information content (AvgIpc) is 2.63. The van der Waals surface area contributed by atoms with Crippen LogP contribution in [-0.4, -0.2) is 13.1 Å². The first-order chi connectivity index (χ1) is 6.68. The van der Waals surface area contributed by atoms with E-state index in [4.69, 9.17) is 0 Å². The third-order valence-corrected chi connectivity index (χ3v) is 3.54. The van der Waals surface area contributed by atoms with Crippen LogP contribution in [0.2, 0.25) is 0 Å². The van der Waals surface area contributed by atoms with Gasteiger partial charge in [0.2, 0.25) is 0 Å². The maximum absolute atomic E-state index is 13.4. The zero-order chi connectivity index (χ0) is 10.1. The second-order valence-corrected chi connectivity index (χ2v) is 4.63. The van der Waals surface area contributed by atoms with Crippen LogP contribution in [0.4, 0.5) is 4.39 Å². The molecule has 1 atom stereocenters. The molecule has 0 aromatic heterocycles. The summed E-state index contributed by atoms with van der Waals surface area (Å²) in [6.07, 6.45) is 1.10. The van der Waals surface area contributed by atoms with E-state index in [0.717, 1.165) is 30.6 Å². The summed E-state index contributed by atoms with van der Waals surface area (Å²) >= 11 is 3.32. The van der Waals surface area contributed by atoms with Crippen LogP contribution in [0.5, 0.6) is 0 Å². The van der Waals surface area contributed by atoms with Crippen LogP contribution in [0.3, 0.4) is 0 Å². The Kier molecular flexibility index (Phi) is 2.88. The van der Waals surface area contributed by atoms with Gasteiger partial charge in [0.25, 0.3) is 0 Å². The van der Waals surface area contributed by atoms with Crippen molar-refractivity contribution in [3.05, 3.63) is 33.5 Å². The summed E-state index contributed by atoms with van der Waals surface area (Å²) in [7, 11) is 0. The highest BCUT2D eigenvalue weighted by Crippen LogP contribution is 2.31. The third kappa shape index (κ3) is 1.84. The van der Waals surface area contributed by atoms with Gasteiger partial charge < -0.3 is 5.32 Å². The van der Waals surface area contributed by atoms with Gasteiger partial charge >= 0.3 is 0 Å². The standard InChI is InChI=1S/C11H13BrFN/c1-7-4-9(8-2-3-14-6-8)11(12)10(13)5-7/h4-5,8,14H,2-3,6H2,1H3. The Morgan fingerprint density at radius 3 is 2.93 bits per heavy atom. The molecule has 1 fully saturated rings. The van der Waals surface area contributed by atoms with E-state index < -0.39 is 0 Å². The van der Waals surface area contributed by atoms with E-state index in [9.17, 15) is 4.39 Å². The van der Waals surface area contributed by atoms with Crippen LogP contribution in [-0.2, 0) is 0 Å². The number of halogens is 2. The number of hydrogen-bond donors (Lipinski definition) is 1. The maximum Gasteiger partial charge on any atom is 0.137 e. The molecule has 1 saturated heterocycles. The number of hydrogen-bond acceptors (Lipinski definition) is 1. The first-order valence-corrected chi connectivity index (χ1v) is 5.64. The molecule has 2 rings (SSSR count). The number of aryl methyl sites for hydroxylation is 1. The summed E-state index contributed by atoms with van der Waals surface area (Å²) in [4.78, 5) is 0. The Balaban J connectivity index is 2.40. The molecular formula is C11H13BrFN. The van der Waals surface area contributed by atoms with Crippen molar-refractivity contribution in [2.75, 3.05) is 13.1 Å². The van der Waals surface area contributed by atoms with Crippen LogP contribution >= 0.6 is 15.9 Å². The van der Waals surface area contributed by atoms with Crippen molar-refractivity contribution < 1.29 is 4.39 Å². The molecule has 1 nitrogen and oxygen atoms in total. The molecule has 0 radical (unpaired) electrons. The van der Waals surface area contributed by atoms with Gasteiger partial charge in [-0.25, -0.2) is 4.39 Å². The Hall–Kier alpha value is -0.410. The Morgan fingerprint density at radius 2 is 2.29 bits per heavy atom. The zero-order valence-electron chi connectivity index (χ0n) is 8.11. The normalized spacial score (nSPS) is 21.5. The Labute approximate surface area is 91.8 Å². The van der Waals surface area contributed by atoms with E-state index in [1.54, 1.807) is 6.07 Å². The van der Waals surface area contributed by atoms with Crippen molar-refractivity contribution in [3.63, 3.8) is 0 Å². The highest BCUT2D eigenvalue weighted by Gasteiger charge is 2.20. The zero-order valence-corrected chi connectivity index (χ0v) is 9.70. The summed E-state index contributed by atoms with van der Waals surface area (Å²) in [5, 5.41) is 3.29. The van der Waals surface area contributed by atoms with E-state index in [0.29, 0.717) is 10.4 Å². The average molecular weight is 258 g/mol. The molecule has 1 unspecified atom stereocenters. The second-order valence-electron chi connectivity index (χ2n) is 3.84. The minimum Gasteiger partial charge on any atom is -0.316 e. The lowest BCUT2D eigenvalue weighted by molar-refractivity contribution is 0.611. The van der Waals surface area contributed by atoms with Gasteiger partial charge in [0, 0.05) is 6.54 Å². The van der Waals surface area contributed by atoms with Gasteiger partial charge in [-0.05, 0) is 58.9 Å². The molecule has 0 aliphatic carbocycles. The smallest absolute Gasteiger partial charge is 0.137 e. The van der Waals surface area contributed by atoms with E-state index >= 15 is 0 Å². The molecule has 1 aliphatic rings. The molecule has 1 N–H and O–H groups in total. The fourth-order valence-corrected chi connectivity index (χ4v) is 2.52. The predicted molar refractivity (Wildman–Crippen MR) is 59.1 cm³/mol. The largest absolute Gasteiger partial charge is 0.316 e. The van der Waals surface area contributed by atoms with Crippen molar-refractivity contribution in [2.24, 2.45) is 0 Å².